The van der Waals surface area contributed by atoms with Gasteiger partial charge in [0.1, 0.15) is 0 Å². The van der Waals surface area contributed by atoms with E-state index in [1.165, 1.54) is 0 Å². The maximum atomic E-state index is 13.9. The van der Waals surface area contributed by atoms with E-state index in [1.54, 1.807) is 6.08 Å². The topological polar surface area (TPSA) is 45.2 Å². The number of nitrogens with zero attached hydrogens (tertiary/aromatic N) is 1. The van der Waals surface area contributed by atoms with E-state index in [9.17, 15) is 4.79 Å². The largest absolute Gasteiger partial charge is 0.361 e. The van der Waals surface area contributed by atoms with E-state index in [-0.39, 0.29) is 5.78 Å². The third kappa shape index (κ3) is 1.72. The first-order valence-electron chi connectivity index (χ1n) is 8.51. The fourth-order valence-electron chi connectivity index (χ4n) is 4.70. The number of benzene rings is 1. The van der Waals surface area contributed by atoms with Crippen LogP contribution in [0.15, 0.2) is 53.2 Å². The number of nitrogens with one attached hydrogen (secondary N) is 1. The van der Waals surface area contributed by atoms with Crippen LogP contribution in [-0.2, 0) is 15.7 Å². The Morgan fingerprint density at radius 2 is 2.08 bits per heavy atom. The van der Waals surface area contributed by atoms with Crippen LogP contribution in [-0.4, -0.2) is 15.9 Å². The molecule has 2 bridgehead atoms. The van der Waals surface area contributed by atoms with Crippen molar-refractivity contribution < 1.29 is 4.79 Å². The van der Waals surface area contributed by atoms with Gasteiger partial charge in [-0.05, 0) is 36.3 Å². The number of halogens is 1. The molecule has 3 nitrogen and oxygen atoms in total. The Morgan fingerprint density at radius 3 is 2.73 bits per heavy atom. The van der Waals surface area contributed by atoms with Gasteiger partial charge in [0.2, 0.25) is 0 Å². The van der Waals surface area contributed by atoms with Gasteiger partial charge in [-0.3, -0.25) is 4.79 Å². The molecule has 26 heavy (non-hydrogen) atoms. The monoisotopic (exact) mass is 382 g/mol. The highest BCUT2D eigenvalue weighted by Gasteiger charge is 2.63. The Morgan fingerprint density at radius 1 is 1.35 bits per heavy atom. The number of rotatable bonds is 2. The minimum Gasteiger partial charge on any atom is -0.361 e. The summed E-state index contributed by atoms with van der Waals surface area (Å²) in [5.74, 6) is -0.447. The first-order chi connectivity index (χ1) is 12.3. The second-order valence-electron chi connectivity index (χ2n) is 7.83. The number of aromatic amines is 1. The Bertz CT molecular complexity index is 1060. The molecule has 2 aromatic rings. The second kappa shape index (κ2) is 5.26. The summed E-state index contributed by atoms with van der Waals surface area (Å²) in [7, 11) is 0. The lowest BCUT2D eigenvalue weighted by Crippen LogP contribution is -2.55. The number of H-pyrrole nitrogens is 1. The van der Waals surface area contributed by atoms with E-state index in [1.807, 2.05) is 37.4 Å². The fourth-order valence-corrected chi connectivity index (χ4v) is 5.18. The average molecular weight is 383 g/mol. The number of aliphatic imine (C=N–C) groups is 1. The second-order valence-corrected chi connectivity index (χ2v) is 8.42. The van der Waals surface area contributed by atoms with Crippen molar-refractivity contribution in [3.05, 3.63) is 59.3 Å². The first kappa shape index (κ1) is 17.4. The van der Waals surface area contributed by atoms with Crippen LogP contribution in [0.1, 0.15) is 31.9 Å². The number of Topliss-reactive ketones (excluding diaryl/α,β-unsaturated/α-hetero) is 1. The molecule has 0 saturated carbocycles. The Hall–Kier alpha value is -2.00. The number of thiocarbonyl (C=S) groups is 1. The van der Waals surface area contributed by atoms with Crippen LogP contribution in [0.4, 0.5) is 0 Å². The van der Waals surface area contributed by atoms with Gasteiger partial charge in [0.25, 0.3) is 0 Å². The number of aromatic nitrogens is 1. The fraction of sp³-hybridized carbons (Fsp3) is 0.333. The minimum absolute atomic E-state index is 0.0182. The summed E-state index contributed by atoms with van der Waals surface area (Å²) in [6, 6.07) is 5.88. The highest BCUT2D eigenvalue weighted by Crippen LogP contribution is 2.61. The number of allylic oxidation sites excluding steroid dienone is 1. The summed E-state index contributed by atoms with van der Waals surface area (Å²) in [6.45, 7) is 10.0. The van der Waals surface area contributed by atoms with Crippen LogP contribution in [0.25, 0.3) is 10.9 Å². The van der Waals surface area contributed by atoms with Gasteiger partial charge in [-0.15, -0.1) is 6.58 Å². The lowest BCUT2D eigenvalue weighted by atomic mass is 9.57. The lowest BCUT2D eigenvalue weighted by Gasteiger charge is -2.48. The molecule has 1 N–H and O–H groups in total. The maximum absolute atomic E-state index is 13.9. The molecule has 0 spiro atoms. The highest BCUT2D eigenvalue weighted by molar-refractivity contribution is 7.78. The van der Waals surface area contributed by atoms with Gasteiger partial charge in [-0.2, -0.15) is 0 Å². The molecule has 0 unspecified atom stereocenters. The van der Waals surface area contributed by atoms with Crippen molar-refractivity contribution in [3.63, 3.8) is 0 Å². The standard InChI is InChI=1S/C21H19ClN2OS/c1-5-20(4)16(22)9-13-18(25)21(20,24-11-26)12-7-6-8-15-17(12)14(10-23-15)19(13,2)3/h5-10,13,23H,1H2,2-4H3/t13-,20+,21+/m0/s1. The average Bonchev–Trinajstić information content (AvgIpc) is 3.04. The molecule has 5 heteroatoms. The highest BCUT2D eigenvalue weighted by atomic mass is 35.5. The van der Waals surface area contributed by atoms with Crippen LogP contribution < -0.4 is 0 Å². The van der Waals surface area contributed by atoms with Crippen LogP contribution in [0.5, 0.6) is 0 Å². The lowest BCUT2D eigenvalue weighted by molar-refractivity contribution is -0.132. The number of isothiocyanates is 1. The van der Waals surface area contributed by atoms with Gasteiger partial charge in [-0.25, -0.2) is 4.99 Å². The summed E-state index contributed by atoms with van der Waals surface area (Å²) < 4.78 is 0. The predicted octanol–water partition coefficient (Wildman–Crippen LogP) is 5.27. The summed E-state index contributed by atoms with van der Waals surface area (Å²) in [4.78, 5) is 21.8. The third-order valence-electron chi connectivity index (χ3n) is 6.39. The van der Waals surface area contributed by atoms with Crippen LogP contribution in [0.2, 0.25) is 0 Å². The summed E-state index contributed by atoms with van der Waals surface area (Å²) >= 11 is 11.8. The normalized spacial score (nSPS) is 31.8. The maximum Gasteiger partial charge on any atom is 0.174 e. The molecule has 2 aliphatic carbocycles. The van der Waals surface area contributed by atoms with E-state index in [0.29, 0.717) is 5.03 Å². The van der Waals surface area contributed by atoms with E-state index in [0.717, 1.165) is 22.0 Å². The summed E-state index contributed by atoms with van der Waals surface area (Å²) in [5, 5.41) is 4.06. The van der Waals surface area contributed by atoms with Crippen LogP contribution in [0.3, 0.4) is 0 Å². The number of hydrogen-bond donors (Lipinski definition) is 1. The quantitative estimate of drug-likeness (QED) is 0.436. The van der Waals surface area contributed by atoms with Gasteiger partial charge >= 0.3 is 0 Å². The van der Waals surface area contributed by atoms with Gasteiger partial charge in [0.05, 0.1) is 10.6 Å². The molecule has 1 aromatic heterocycles. The summed E-state index contributed by atoms with van der Waals surface area (Å²) in [5.41, 5.74) is 0.212. The minimum atomic E-state index is -1.28. The van der Waals surface area contributed by atoms with Gasteiger partial charge < -0.3 is 4.98 Å². The van der Waals surface area contributed by atoms with E-state index in [4.69, 9.17) is 23.8 Å². The van der Waals surface area contributed by atoms with Crippen molar-refractivity contribution in [2.75, 3.05) is 0 Å². The van der Waals surface area contributed by atoms with Crippen molar-refractivity contribution in [2.45, 2.75) is 31.7 Å². The molecule has 4 rings (SSSR count). The number of ketones is 1. The zero-order valence-electron chi connectivity index (χ0n) is 14.9. The first-order valence-corrected chi connectivity index (χ1v) is 9.30. The third-order valence-corrected chi connectivity index (χ3v) is 7.00. The molecule has 3 atom stereocenters. The van der Waals surface area contributed by atoms with Crippen molar-refractivity contribution in [1.82, 2.24) is 4.98 Å². The van der Waals surface area contributed by atoms with E-state index >= 15 is 0 Å². The number of carbonyl (C=O) groups excluding carboxylic acids is 1. The molecule has 1 aromatic carbocycles. The Kier molecular flexibility index (Phi) is 3.52. The zero-order chi connectivity index (χ0) is 18.9. The molecule has 2 aliphatic rings. The Balaban J connectivity index is 2.32. The number of hydrogen-bond acceptors (Lipinski definition) is 3. The van der Waals surface area contributed by atoms with E-state index in [2.05, 4.69) is 35.6 Å². The smallest absolute Gasteiger partial charge is 0.174 e. The SMILES string of the molecule is C=C[C@]1(C)C(Cl)=C[C@H]2C(=O)[C@]1(N=C=S)c1cccc3[nH]cc(c13)C2(C)C. The number of carbonyl (C=O) groups is 1. The van der Waals surface area contributed by atoms with E-state index < -0.39 is 22.3 Å². The molecule has 0 amide bonds. The van der Waals surface area contributed by atoms with Crippen molar-refractivity contribution in [1.29, 1.82) is 0 Å². The van der Waals surface area contributed by atoms with Crippen LogP contribution in [0, 0.1) is 11.3 Å². The predicted molar refractivity (Wildman–Crippen MR) is 109 cm³/mol. The van der Waals surface area contributed by atoms with Gasteiger partial charge in [0.15, 0.2) is 11.3 Å². The number of fused-ring (bicyclic) bond motifs is 3. The van der Waals surface area contributed by atoms with Crippen molar-refractivity contribution >= 4 is 45.7 Å². The zero-order valence-corrected chi connectivity index (χ0v) is 16.5. The van der Waals surface area contributed by atoms with Crippen molar-refractivity contribution in [3.8, 4) is 0 Å². The van der Waals surface area contributed by atoms with Crippen LogP contribution >= 0.6 is 23.8 Å². The molecule has 0 saturated heterocycles. The molecule has 0 fully saturated rings. The molecular formula is C21H19ClN2OS. The van der Waals surface area contributed by atoms with Gasteiger partial charge in [0, 0.05) is 33.5 Å². The summed E-state index contributed by atoms with van der Waals surface area (Å²) in [6.07, 6.45) is 5.57. The van der Waals surface area contributed by atoms with Gasteiger partial charge in [-0.1, -0.05) is 49.7 Å². The molecular weight excluding hydrogens is 364 g/mol. The molecule has 0 radical (unpaired) electrons. The Labute approximate surface area is 162 Å². The molecule has 1 heterocycles. The van der Waals surface area contributed by atoms with Crippen molar-refractivity contribution in [2.24, 2.45) is 16.3 Å². The molecule has 0 aliphatic heterocycles. The molecule has 132 valence electrons.